The van der Waals surface area contributed by atoms with Crippen molar-refractivity contribution >= 4 is 57.8 Å². The molecule has 0 saturated heterocycles. The maximum atomic E-state index is 12.7. The largest absolute Gasteiger partial charge is 0.324 e. The lowest BCUT2D eigenvalue weighted by molar-refractivity contribution is 0.256. The summed E-state index contributed by atoms with van der Waals surface area (Å²) in [6.45, 7) is 1.92. The maximum Gasteiger partial charge on any atom is 0.324 e. The van der Waals surface area contributed by atoms with Gasteiger partial charge in [0.25, 0.3) is 0 Å². The number of carbonyl (C=O) groups excluding carboxylic acids is 1. The van der Waals surface area contributed by atoms with E-state index in [0.29, 0.717) is 27.3 Å². The highest BCUT2D eigenvalue weighted by Gasteiger charge is 2.26. The Balaban J connectivity index is 1.70. The van der Waals surface area contributed by atoms with Gasteiger partial charge in [-0.25, -0.2) is 9.79 Å². The SMILES string of the molecule is CC1=Nc2ccccc2N=C(NC(=O)Nc2cccc(Cl)c2)[C@@H]1c1ccc(Cl)cc1. The molecule has 0 aliphatic carbocycles. The Kier molecular flexibility index (Phi) is 5.84. The Hall–Kier alpha value is -3.15. The quantitative estimate of drug-likeness (QED) is 0.458. The Bertz CT molecular complexity index is 1160. The van der Waals surface area contributed by atoms with Crippen LogP contribution in [0.5, 0.6) is 0 Å². The topological polar surface area (TPSA) is 65.8 Å². The van der Waals surface area contributed by atoms with Crippen molar-refractivity contribution in [2.75, 3.05) is 5.32 Å². The van der Waals surface area contributed by atoms with Crippen LogP contribution in [0.1, 0.15) is 18.4 Å². The Morgan fingerprint density at radius 2 is 1.53 bits per heavy atom. The van der Waals surface area contributed by atoms with Gasteiger partial charge in [-0.1, -0.05) is 53.5 Å². The summed E-state index contributed by atoms with van der Waals surface area (Å²) >= 11 is 12.1. The molecule has 3 aromatic carbocycles. The average molecular weight is 437 g/mol. The Morgan fingerprint density at radius 1 is 0.833 bits per heavy atom. The van der Waals surface area contributed by atoms with Crippen LogP contribution in [-0.4, -0.2) is 17.6 Å². The molecule has 2 amide bonds. The van der Waals surface area contributed by atoms with Gasteiger partial charge in [-0.3, -0.25) is 10.3 Å². The number of carbonyl (C=O) groups is 1. The van der Waals surface area contributed by atoms with E-state index in [1.807, 2.05) is 55.5 Å². The van der Waals surface area contributed by atoms with Crippen molar-refractivity contribution in [2.24, 2.45) is 9.98 Å². The number of halogens is 2. The van der Waals surface area contributed by atoms with Gasteiger partial charge in [0.05, 0.1) is 17.3 Å². The minimum atomic E-state index is -0.415. The number of nitrogens with zero attached hydrogens (tertiary/aromatic N) is 2. The van der Waals surface area contributed by atoms with Crippen LogP contribution in [0.4, 0.5) is 21.9 Å². The molecule has 5 nitrogen and oxygen atoms in total. The second kappa shape index (κ2) is 8.69. The molecule has 150 valence electrons. The molecule has 0 spiro atoms. The normalized spacial score (nSPS) is 15.4. The molecule has 2 N–H and O–H groups in total. The van der Waals surface area contributed by atoms with Crippen LogP contribution < -0.4 is 10.6 Å². The summed E-state index contributed by atoms with van der Waals surface area (Å²) < 4.78 is 0. The summed E-state index contributed by atoms with van der Waals surface area (Å²) in [6, 6.07) is 21.5. The zero-order valence-electron chi connectivity index (χ0n) is 16.1. The lowest BCUT2D eigenvalue weighted by Crippen LogP contribution is -2.39. The molecule has 0 radical (unpaired) electrons. The van der Waals surface area contributed by atoms with Crippen LogP contribution in [0.15, 0.2) is 82.8 Å². The molecule has 0 saturated carbocycles. The van der Waals surface area contributed by atoms with Gasteiger partial charge in [0.1, 0.15) is 5.84 Å². The lowest BCUT2D eigenvalue weighted by atomic mass is 9.93. The molecule has 0 unspecified atom stereocenters. The summed E-state index contributed by atoms with van der Waals surface area (Å²) in [4.78, 5) is 22.2. The van der Waals surface area contributed by atoms with Crippen LogP contribution in [0, 0.1) is 0 Å². The number of amidine groups is 1. The van der Waals surface area contributed by atoms with Gasteiger partial charge in [-0.15, -0.1) is 0 Å². The van der Waals surface area contributed by atoms with Crippen molar-refractivity contribution in [3.05, 3.63) is 88.4 Å². The fourth-order valence-electron chi connectivity index (χ4n) is 3.30. The van der Waals surface area contributed by atoms with Crippen LogP contribution >= 0.6 is 23.2 Å². The molecule has 30 heavy (non-hydrogen) atoms. The van der Waals surface area contributed by atoms with Gasteiger partial charge in [0.15, 0.2) is 0 Å². The number of fused-ring (bicyclic) bond motifs is 1. The zero-order valence-corrected chi connectivity index (χ0v) is 17.6. The summed E-state index contributed by atoms with van der Waals surface area (Å²) in [5.74, 6) is 0.142. The molecular weight excluding hydrogens is 419 g/mol. The van der Waals surface area contributed by atoms with Gasteiger partial charge in [0, 0.05) is 21.4 Å². The molecule has 1 aliphatic rings. The first-order valence-electron chi connectivity index (χ1n) is 9.31. The standard InChI is InChI=1S/C23H18Cl2N4O/c1-14-21(15-9-11-16(24)12-10-15)22(28-20-8-3-2-7-19(20)26-14)29-23(30)27-18-6-4-5-17(25)13-18/h2-13,21H,1H3,(H2,27,28,29,30)/t21-/m0/s1. The molecule has 0 fully saturated rings. The van der Waals surface area contributed by atoms with E-state index >= 15 is 0 Å². The van der Waals surface area contributed by atoms with Crippen LogP contribution in [-0.2, 0) is 0 Å². The fraction of sp³-hybridized carbons (Fsp3) is 0.0870. The molecule has 7 heteroatoms. The number of benzene rings is 3. The molecule has 1 aliphatic heterocycles. The molecule has 0 aromatic heterocycles. The van der Waals surface area contributed by atoms with Crippen LogP contribution in [0.3, 0.4) is 0 Å². The monoisotopic (exact) mass is 436 g/mol. The van der Waals surface area contributed by atoms with Crippen LogP contribution in [0.25, 0.3) is 0 Å². The molecule has 3 aromatic rings. The number of rotatable bonds is 2. The van der Waals surface area contributed by atoms with Gasteiger partial charge < -0.3 is 5.32 Å². The Labute approximate surface area is 184 Å². The van der Waals surface area contributed by atoms with E-state index in [4.69, 9.17) is 33.2 Å². The third-order valence-electron chi connectivity index (χ3n) is 4.64. The third kappa shape index (κ3) is 4.53. The fourth-order valence-corrected chi connectivity index (χ4v) is 3.62. The highest BCUT2D eigenvalue weighted by Crippen LogP contribution is 2.34. The van der Waals surface area contributed by atoms with Crippen molar-refractivity contribution in [3.8, 4) is 0 Å². The van der Waals surface area contributed by atoms with Crippen molar-refractivity contribution in [3.63, 3.8) is 0 Å². The summed E-state index contributed by atoms with van der Waals surface area (Å²) in [6.07, 6.45) is 0. The number of nitrogens with one attached hydrogen (secondary N) is 2. The first-order valence-corrected chi connectivity index (χ1v) is 10.1. The average Bonchev–Trinajstić information content (AvgIpc) is 2.84. The first-order chi connectivity index (χ1) is 14.5. The van der Waals surface area contributed by atoms with Crippen molar-refractivity contribution in [1.82, 2.24) is 5.32 Å². The van der Waals surface area contributed by atoms with Crippen molar-refractivity contribution in [2.45, 2.75) is 12.8 Å². The minimum absolute atomic E-state index is 0.334. The van der Waals surface area contributed by atoms with E-state index in [1.54, 1.807) is 24.3 Å². The number of amides is 2. The highest BCUT2D eigenvalue weighted by molar-refractivity contribution is 6.31. The van der Waals surface area contributed by atoms with Gasteiger partial charge in [-0.05, 0) is 55.0 Å². The van der Waals surface area contributed by atoms with E-state index in [9.17, 15) is 4.79 Å². The summed E-state index contributed by atoms with van der Waals surface area (Å²) in [5, 5.41) is 6.87. The molecular formula is C23H18Cl2N4O. The summed E-state index contributed by atoms with van der Waals surface area (Å²) in [5.41, 5.74) is 3.76. The van der Waals surface area contributed by atoms with E-state index in [2.05, 4.69) is 10.6 Å². The molecule has 0 bridgehead atoms. The second-order valence-corrected chi connectivity index (χ2v) is 7.69. The van der Waals surface area contributed by atoms with Gasteiger partial charge in [0.2, 0.25) is 0 Å². The lowest BCUT2D eigenvalue weighted by Gasteiger charge is -2.20. The third-order valence-corrected chi connectivity index (χ3v) is 5.13. The minimum Gasteiger partial charge on any atom is -0.308 e. The number of hydrogen-bond donors (Lipinski definition) is 2. The van der Waals surface area contributed by atoms with Gasteiger partial charge in [-0.2, -0.15) is 0 Å². The Morgan fingerprint density at radius 3 is 2.23 bits per heavy atom. The smallest absolute Gasteiger partial charge is 0.308 e. The number of urea groups is 1. The van der Waals surface area contributed by atoms with Gasteiger partial charge >= 0.3 is 6.03 Å². The highest BCUT2D eigenvalue weighted by atomic mass is 35.5. The zero-order chi connectivity index (χ0) is 21.1. The van der Waals surface area contributed by atoms with E-state index < -0.39 is 6.03 Å². The predicted molar refractivity (Wildman–Crippen MR) is 124 cm³/mol. The van der Waals surface area contributed by atoms with E-state index in [0.717, 1.165) is 17.0 Å². The van der Waals surface area contributed by atoms with E-state index in [1.165, 1.54) is 0 Å². The van der Waals surface area contributed by atoms with Crippen molar-refractivity contribution < 1.29 is 4.79 Å². The summed E-state index contributed by atoms with van der Waals surface area (Å²) in [7, 11) is 0. The first kappa shape index (κ1) is 20.1. The molecule has 4 rings (SSSR count). The second-order valence-electron chi connectivity index (χ2n) is 6.81. The van der Waals surface area contributed by atoms with E-state index in [-0.39, 0.29) is 5.92 Å². The van der Waals surface area contributed by atoms with Crippen LogP contribution in [0.2, 0.25) is 10.0 Å². The maximum absolute atomic E-state index is 12.7. The molecule has 1 atom stereocenters. The number of aliphatic imine (C=N–C) groups is 2. The number of para-hydroxylation sites is 2. The number of hydrogen-bond acceptors (Lipinski definition) is 3. The van der Waals surface area contributed by atoms with Crippen molar-refractivity contribution in [1.29, 1.82) is 0 Å². The predicted octanol–water partition coefficient (Wildman–Crippen LogP) is 6.73. The molecule has 1 heterocycles. The number of anilines is 1.